The topological polar surface area (TPSA) is 28.1 Å². The van der Waals surface area contributed by atoms with Gasteiger partial charge in [0.05, 0.1) is 5.69 Å². The van der Waals surface area contributed by atoms with Crippen LogP contribution in [-0.2, 0) is 0 Å². The number of fused-ring (bicyclic) bond motifs is 1. The molecule has 3 aromatic rings. The van der Waals surface area contributed by atoms with E-state index in [2.05, 4.69) is 72.4 Å². The minimum atomic E-state index is 0.892. The molecule has 0 spiro atoms. The molecule has 0 aliphatic carbocycles. The zero-order valence-electron chi connectivity index (χ0n) is 13.3. The molecule has 0 bridgehead atoms. The van der Waals surface area contributed by atoms with Crippen molar-refractivity contribution in [3.05, 3.63) is 59.7 Å². The highest BCUT2D eigenvalue weighted by Crippen LogP contribution is 2.29. The van der Waals surface area contributed by atoms with Gasteiger partial charge in [-0.2, -0.15) is 0 Å². The van der Waals surface area contributed by atoms with Crippen molar-refractivity contribution in [2.24, 2.45) is 4.99 Å². The number of H-pyrrole nitrogens is 1. The van der Waals surface area contributed by atoms with Gasteiger partial charge in [0.1, 0.15) is 0 Å². The van der Waals surface area contributed by atoms with Crippen molar-refractivity contribution in [1.29, 1.82) is 0 Å². The van der Waals surface area contributed by atoms with Gasteiger partial charge in [0.25, 0.3) is 0 Å². The first kappa shape index (κ1) is 14.6. The number of para-hydroxylation sites is 1. The van der Waals surface area contributed by atoms with Crippen LogP contribution in [-0.4, -0.2) is 17.7 Å². The van der Waals surface area contributed by atoms with Gasteiger partial charge in [-0.3, -0.25) is 4.99 Å². The molecule has 2 nitrogen and oxygen atoms in total. The second-order valence-corrected chi connectivity index (χ2v) is 5.71. The molecule has 22 heavy (non-hydrogen) atoms. The van der Waals surface area contributed by atoms with Crippen molar-refractivity contribution >= 4 is 17.1 Å². The quantitative estimate of drug-likeness (QED) is 0.484. The molecular formula is C20H22N2. The maximum atomic E-state index is 4.61. The lowest BCUT2D eigenvalue weighted by molar-refractivity contribution is 0.810. The van der Waals surface area contributed by atoms with Gasteiger partial charge in [0, 0.05) is 29.2 Å². The van der Waals surface area contributed by atoms with Crippen LogP contribution in [0.5, 0.6) is 0 Å². The molecule has 112 valence electrons. The first-order valence-electron chi connectivity index (χ1n) is 7.97. The third kappa shape index (κ3) is 2.96. The molecule has 0 aliphatic rings. The van der Waals surface area contributed by atoms with E-state index < -0.39 is 0 Å². The summed E-state index contributed by atoms with van der Waals surface area (Å²) in [7, 11) is 0. The predicted molar refractivity (Wildman–Crippen MR) is 95.8 cm³/mol. The largest absolute Gasteiger partial charge is 0.354 e. The number of aryl methyl sites for hydroxylation is 1. The molecule has 0 saturated heterocycles. The van der Waals surface area contributed by atoms with E-state index in [0.29, 0.717) is 0 Å². The Labute approximate surface area is 131 Å². The maximum absolute atomic E-state index is 4.61. The van der Waals surface area contributed by atoms with E-state index in [1.807, 2.05) is 6.21 Å². The molecule has 1 N–H and O–H groups in total. The smallest absolute Gasteiger partial charge is 0.0553 e. The number of aromatic amines is 1. The number of benzene rings is 2. The van der Waals surface area contributed by atoms with Gasteiger partial charge in [-0.05, 0) is 25.0 Å². The molecule has 0 amide bonds. The molecule has 1 heterocycles. The third-order valence-corrected chi connectivity index (χ3v) is 3.95. The van der Waals surface area contributed by atoms with Crippen molar-refractivity contribution in [2.45, 2.75) is 26.7 Å². The number of aliphatic imine (C=N–C) groups is 1. The molecule has 0 saturated carbocycles. The Morgan fingerprint density at radius 2 is 1.82 bits per heavy atom. The fourth-order valence-corrected chi connectivity index (χ4v) is 2.65. The van der Waals surface area contributed by atoms with Gasteiger partial charge in [-0.1, -0.05) is 61.4 Å². The Balaban J connectivity index is 2.08. The second-order valence-electron chi connectivity index (χ2n) is 5.71. The van der Waals surface area contributed by atoms with Crippen LogP contribution >= 0.6 is 0 Å². The van der Waals surface area contributed by atoms with Crippen LogP contribution in [0.2, 0.25) is 0 Å². The predicted octanol–water partition coefficient (Wildman–Crippen LogP) is 5.36. The third-order valence-electron chi connectivity index (χ3n) is 3.95. The first-order valence-corrected chi connectivity index (χ1v) is 7.97. The number of nitrogens with one attached hydrogen (secondary N) is 1. The van der Waals surface area contributed by atoms with Crippen LogP contribution in [0.3, 0.4) is 0 Å². The molecule has 0 atom stereocenters. The summed E-state index contributed by atoms with van der Waals surface area (Å²) in [6.45, 7) is 5.20. The zero-order chi connectivity index (χ0) is 15.4. The highest BCUT2D eigenvalue weighted by atomic mass is 14.7. The van der Waals surface area contributed by atoms with Gasteiger partial charge in [0.2, 0.25) is 0 Å². The van der Waals surface area contributed by atoms with Gasteiger partial charge in [0.15, 0.2) is 0 Å². The van der Waals surface area contributed by atoms with Crippen molar-refractivity contribution in [2.75, 3.05) is 6.54 Å². The van der Waals surface area contributed by atoms with Gasteiger partial charge < -0.3 is 4.98 Å². The Morgan fingerprint density at radius 3 is 2.59 bits per heavy atom. The molecule has 2 aromatic carbocycles. The SMILES string of the molecule is CCCCN=Cc1c(-c2ccc(C)cc2)[nH]c2ccccc12. The van der Waals surface area contributed by atoms with E-state index in [-0.39, 0.29) is 0 Å². The molecule has 2 heteroatoms. The van der Waals surface area contributed by atoms with Gasteiger partial charge in [-0.15, -0.1) is 0 Å². The number of hydrogen-bond acceptors (Lipinski definition) is 1. The zero-order valence-corrected chi connectivity index (χ0v) is 13.3. The van der Waals surface area contributed by atoms with Crippen LogP contribution in [0.25, 0.3) is 22.2 Å². The Hall–Kier alpha value is -2.35. The standard InChI is InChI=1S/C20H22N2/c1-3-4-13-21-14-18-17-7-5-6-8-19(17)22-20(18)16-11-9-15(2)10-12-16/h5-12,14,22H,3-4,13H2,1-2H3. The first-order chi connectivity index (χ1) is 10.8. The van der Waals surface area contributed by atoms with Crippen LogP contribution in [0.4, 0.5) is 0 Å². The molecule has 0 fully saturated rings. The van der Waals surface area contributed by atoms with Gasteiger partial charge >= 0.3 is 0 Å². The molecule has 0 unspecified atom stereocenters. The number of nitrogens with zero attached hydrogens (tertiary/aromatic N) is 1. The van der Waals surface area contributed by atoms with Crippen LogP contribution in [0.15, 0.2) is 53.5 Å². The van der Waals surface area contributed by atoms with Crippen LogP contribution < -0.4 is 0 Å². The molecule has 0 aliphatic heterocycles. The average molecular weight is 290 g/mol. The number of hydrogen-bond donors (Lipinski definition) is 1. The van der Waals surface area contributed by atoms with Crippen molar-refractivity contribution in [1.82, 2.24) is 4.98 Å². The highest BCUT2D eigenvalue weighted by Gasteiger charge is 2.10. The Morgan fingerprint density at radius 1 is 1.05 bits per heavy atom. The monoisotopic (exact) mass is 290 g/mol. The molecule has 0 radical (unpaired) electrons. The maximum Gasteiger partial charge on any atom is 0.0553 e. The summed E-state index contributed by atoms with van der Waals surface area (Å²) in [4.78, 5) is 8.16. The van der Waals surface area contributed by atoms with E-state index in [0.717, 1.165) is 24.2 Å². The lowest BCUT2D eigenvalue weighted by atomic mass is 10.0. The average Bonchev–Trinajstić information content (AvgIpc) is 2.91. The number of rotatable bonds is 5. The Bertz CT molecular complexity index is 779. The number of unbranched alkanes of at least 4 members (excludes halogenated alkanes) is 1. The lowest BCUT2D eigenvalue weighted by Gasteiger charge is -2.02. The van der Waals surface area contributed by atoms with E-state index in [4.69, 9.17) is 0 Å². The van der Waals surface area contributed by atoms with E-state index in [9.17, 15) is 0 Å². The normalized spacial score (nSPS) is 11.5. The van der Waals surface area contributed by atoms with Crippen molar-refractivity contribution in [3.8, 4) is 11.3 Å². The summed E-state index contributed by atoms with van der Waals surface area (Å²) < 4.78 is 0. The number of aromatic nitrogens is 1. The van der Waals surface area contributed by atoms with E-state index in [1.54, 1.807) is 0 Å². The summed E-state index contributed by atoms with van der Waals surface area (Å²) >= 11 is 0. The summed E-state index contributed by atoms with van der Waals surface area (Å²) in [6, 6.07) is 17.1. The van der Waals surface area contributed by atoms with Gasteiger partial charge in [-0.25, -0.2) is 0 Å². The van der Waals surface area contributed by atoms with E-state index in [1.165, 1.54) is 28.5 Å². The van der Waals surface area contributed by atoms with Crippen LogP contribution in [0, 0.1) is 6.92 Å². The molecule has 3 rings (SSSR count). The fourth-order valence-electron chi connectivity index (χ4n) is 2.65. The minimum Gasteiger partial charge on any atom is -0.354 e. The Kier molecular flexibility index (Phi) is 4.38. The molecular weight excluding hydrogens is 268 g/mol. The minimum absolute atomic E-state index is 0.892. The fraction of sp³-hybridized carbons (Fsp3) is 0.250. The molecule has 1 aromatic heterocycles. The van der Waals surface area contributed by atoms with E-state index >= 15 is 0 Å². The van der Waals surface area contributed by atoms with Crippen molar-refractivity contribution in [3.63, 3.8) is 0 Å². The summed E-state index contributed by atoms with van der Waals surface area (Å²) in [5.74, 6) is 0. The second kappa shape index (κ2) is 6.61. The highest BCUT2D eigenvalue weighted by molar-refractivity contribution is 6.05. The lowest BCUT2D eigenvalue weighted by Crippen LogP contribution is -1.88. The summed E-state index contributed by atoms with van der Waals surface area (Å²) in [6.07, 6.45) is 4.35. The van der Waals surface area contributed by atoms with Crippen molar-refractivity contribution < 1.29 is 0 Å². The summed E-state index contributed by atoms with van der Waals surface area (Å²) in [5.41, 5.74) is 5.99. The summed E-state index contributed by atoms with van der Waals surface area (Å²) in [5, 5.41) is 1.23. The van der Waals surface area contributed by atoms with Crippen LogP contribution in [0.1, 0.15) is 30.9 Å².